The van der Waals surface area contributed by atoms with Gasteiger partial charge in [-0.3, -0.25) is 0 Å². The highest BCUT2D eigenvalue weighted by Gasteiger charge is 2.21. The molecule has 3 rings (SSSR count). The van der Waals surface area contributed by atoms with Gasteiger partial charge in [0.15, 0.2) is 0 Å². The Morgan fingerprint density at radius 2 is 1.46 bits per heavy atom. The summed E-state index contributed by atoms with van der Waals surface area (Å²) in [5.41, 5.74) is 3.09. The molecule has 0 bridgehead atoms. The van der Waals surface area contributed by atoms with Crippen molar-refractivity contribution in [3.8, 4) is 0 Å². The lowest BCUT2D eigenvalue weighted by molar-refractivity contribution is 0.180. The average Bonchev–Trinajstić information content (AvgIpc) is 2.67. The molecule has 1 N–H and O–H groups in total. The van der Waals surface area contributed by atoms with Crippen molar-refractivity contribution in [2.24, 2.45) is 0 Å². The zero-order chi connectivity index (χ0) is 20.3. The second kappa shape index (κ2) is 8.85. The van der Waals surface area contributed by atoms with E-state index in [-0.39, 0.29) is 0 Å². The Bertz CT molecular complexity index is 950. The quantitative estimate of drug-likeness (QED) is 0.528. The lowest BCUT2D eigenvalue weighted by Crippen LogP contribution is -2.41. The third-order valence-electron chi connectivity index (χ3n) is 5.19. The molecule has 0 aliphatic rings. The van der Waals surface area contributed by atoms with Crippen molar-refractivity contribution in [1.82, 2.24) is 4.90 Å². The van der Waals surface area contributed by atoms with Crippen LogP contribution < -0.4 is 0 Å². The summed E-state index contributed by atoms with van der Waals surface area (Å²) in [7, 11) is 0. The van der Waals surface area contributed by atoms with E-state index in [0.717, 1.165) is 32.5 Å². The van der Waals surface area contributed by atoms with Crippen molar-refractivity contribution in [2.75, 3.05) is 0 Å². The van der Waals surface area contributed by atoms with Gasteiger partial charge in [-0.05, 0) is 49.6 Å². The predicted molar refractivity (Wildman–Crippen MR) is 123 cm³/mol. The number of fused-ring (bicyclic) bond motifs is 1. The third-order valence-corrected chi connectivity index (χ3v) is 5.62. The van der Waals surface area contributed by atoms with Gasteiger partial charge in [0.05, 0.1) is 6.10 Å². The first-order valence-electron chi connectivity index (χ1n) is 9.96. The third kappa shape index (κ3) is 4.26. The molecular formula is C25H29NOS. The van der Waals surface area contributed by atoms with Crippen molar-refractivity contribution < 1.29 is 5.11 Å². The van der Waals surface area contributed by atoms with E-state index >= 15 is 0 Å². The number of hydrogen-bond acceptors (Lipinski definition) is 2. The first-order valence-corrected chi connectivity index (χ1v) is 10.4. The Hall–Kier alpha value is -2.23. The van der Waals surface area contributed by atoms with Crippen LogP contribution in [0.5, 0.6) is 0 Å². The summed E-state index contributed by atoms with van der Waals surface area (Å²) in [4.78, 5) is 3.11. The van der Waals surface area contributed by atoms with Crippen LogP contribution in [-0.4, -0.2) is 27.1 Å². The van der Waals surface area contributed by atoms with Crippen LogP contribution in [0.4, 0.5) is 0 Å². The van der Waals surface area contributed by atoms with Crippen LogP contribution >= 0.6 is 12.2 Å². The minimum Gasteiger partial charge on any atom is -0.388 e. The highest BCUT2D eigenvalue weighted by atomic mass is 32.1. The molecule has 0 aromatic heterocycles. The fourth-order valence-electron chi connectivity index (χ4n) is 3.97. The average molecular weight is 392 g/mol. The minimum absolute atomic E-state index is 0.323. The fourth-order valence-corrected chi connectivity index (χ4v) is 4.59. The van der Waals surface area contributed by atoms with E-state index in [1.165, 1.54) is 0 Å². The summed E-state index contributed by atoms with van der Waals surface area (Å²) in [5.74, 6) is 0. The topological polar surface area (TPSA) is 23.5 Å². The maximum absolute atomic E-state index is 11.1. The van der Waals surface area contributed by atoms with Crippen LogP contribution in [0, 0.1) is 0 Å². The normalized spacial score (nSPS) is 12.5. The number of hydrogen-bond donors (Lipinski definition) is 1. The summed E-state index contributed by atoms with van der Waals surface area (Å²) < 4.78 is 0. The van der Waals surface area contributed by atoms with Crippen molar-refractivity contribution >= 4 is 28.0 Å². The van der Waals surface area contributed by atoms with E-state index in [0.29, 0.717) is 18.5 Å². The first-order chi connectivity index (χ1) is 13.4. The zero-order valence-electron chi connectivity index (χ0n) is 17.1. The summed E-state index contributed by atoms with van der Waals surface area (Å²) in [6.07, 6.45) is -0.0458. The van der Waals surface area contributed by atoms with Gasteiger partial charge in [-0.25, -0.2) is 0 Å². The molecule has 0 aliphatic heterocycles. The number of aliphatic hydroxyl groups excluding tert-OH is 1. The van der Waals surface area contributed by atoms with Crippen molar-refractivity contribution in [3.05, 3.63) is 83.4 Å². The minimum atomic E-state index is -0.582. The van der Waals surface area contributed by atoms with Gasteiger partial charge in [-0.15, -0.1) is 0 Å². The second-order valence-corrected chi connectivity index (χ2v) is 8.23. The van der Waals surface area contributed by atoms with Gasteiger partial charge in [0, 0.05) is 24.1 Å². The summed E-state index contributed by atoms with van der Waals surface area (Å²) in [6.45, 7) is 8.67. The van der Waals surface area contributed by atoms with Crippen molar-refractivity contribution in [2.45, 2.75) is 52.3 Å². The van der Waals surface area contributed by atoms with Crippen LogP contribution in [0.1, 0.15) is 50.5 Å². The molecule has 0 radical (unpaired) electrons. The number of rotatable bonds is 6. The van der Waals surface area contributed by atoms with E-state index in [2.05, 4.69) is 62.9 Å². The van der Waals surface area contributed by atoms with Gasteiger partial charge in [0.25, 0.3) is 0 Å². The highest BCUT2D eigenvalue weighted by molar-refractivity contribution is 7.80. The SMILES string of the molecule is CC(C)N(C(=S)c1ccccc1CC(O)c1cccc2ccccc12)C(C)C. The van der Waals surface area contributed by atoms with Gasteiger partial charge in [0.2, 0.25) is 0 Å². The van der Waals surface area contributed by atoms with Crippen molar-refractivity contribution in [1.29, 1.82) is 0 Å². The Balaban J connectivity index is 1.94. The first kappa shape index (κ1) is 20.5. The molecule has 0 amide bonds. The van der Waals surface area contributed by atoms with Gasteiger partial charge >= 0.3 is 0 Å². The van der Waals surface area contributed by atoms with Crippen LogP contribution in [-0.2, 0) is 6.42 Å². The fraction of sp³-hybridized carbons (Fsp3) is 0.320. The molecule has 3 heteroatoms. The second-order valence-electron chi connectivity index (χ2n) is 7.85. The monoisotopic (exact) mass is 391 g/mol. The van der Waals surface area contributed by atoms with E-state index < -0.39 is 6.10 Å². The maximum atomic E-state index is 11.1. The molecule has 3 aromatic carbocycles. The molecule has 0 heterocycles. The Labute approximate surface area is 173 Å². The lowest BCUT2D eigenvalue weighted by atomic mass is 9.93. The smallest absolute Gasteiger partial charge is 0.109 e. The summed E-state index contributed by atoms with van der Waals surface area (Å²) >= 11 is 5.87. The lowest BCUT2D eigenvalue weighted by Gasteiger charge is -2.34. The van der Waals surface area contributed by atoms with Crippen LogP contribution in [0.15, 0.2) is 66.7 Å². The Morgan fingerprint density at radius 1 is 0.857 bits per heavy atom. The van der Waals surface area contributed by atoms with E-state index in [9.17, 15) is 5.11 Å². The standard InChI is InChI=1S/C25H29NOS/c1-17(2)26(18(3)4)25(28)22-14-8-6-11-20(22)16-24(27)23-15-9-12-19-10-5-7-13-21(19)23/h5-15,17-18,24,27H,16H2,1-4H3. The van der Waals surface area contributed by atoms with Gasteiger partial charge in [0.1, 0.15) is 4.99 Å². The van der Waals surface area contributed by atoms with Crippen LogP contribution in [0.3, 0.4) is 0 Å². The van der Waals surface area contributed by atoms with Crippen LogP contribution in [0.25, 0.3) is 10.8 Å². The number of nitrogens with zero attached hydrogens (tertiary/aromatic N) is 1. The van der Waals surface area contributed by atoms with E-state index in [4.69, 9.17) is 12.2 Å². The molecule has 1 unspecified atom stereocenters. The predicted octanol–water partition coefficient (Wildman–Crippen LogP) is 5.91. The van der Waals surface area contributed by atoms with Gasteiger partial charge in [-0.2, -0.15) is 0 Å². The molecular weight excluding hydrogens is 362 g/mol. The molecule has 0 saturated heterocycles. The molecule has 28 heavy (non-hydrogen) atoms. The van der Waals surface area contributed by atoms with E-state index in [1.54, 1.807) is 0 Å². The molecule has 0 aliphatic carbocycles. The molecule has 3 aromatic rings. The summed E-state index contributed by atoms with van der Waals surface area (Å²) in [5, 5.41) is 13.3. The number of aliphatic hydroxyl groups is 1. The molecule has 2 nitrogen and oxygen atoms in total. The molecule has 0 fully saturated rings. The molecule has 0 spiro atoms. The maximum Gasteiger partial charge on any atom is 0.109 e. The van der Waals surface area contributed by atoms with Gasteiger partial charge < -0.3 is 10.0 Å². The highest BCUT2D eigenvalue weighted by Crippen LogP contribution is 2.28. The Morgan fingerprint density at radius 3 is 2.18 bits per heavy atom. The molecule has 1 atom stereocenters. The zero-order valence-corrected chi connectivity index (χ0v) is 17.9. The van der Waals surface area contributed by atoms with E-state index in [1.807, 2.05) is 36.4 Å². The Kier molecular flexibility index (Phi) is 6.48. The molecule has 146 valence electrons. The number of benzene rings is 3. The van der Waals surface area contributed by atoms with Crippen LogP contribution in [0.2, 0.25) is 0 Å². The van der Waals surface area contributed by atoms with Gasteiger partial charge in [-0.1, -0.05) is 78.9 Å². The summed E-state index contributed by atoms with van der Waals surface area (Å²) in [6, 6.07) is 23.1. The molecule has 0 saturated carbocycles. The largest absolute Gasteiger partial charge is 0.388 e. The van der Waals surface area contributed by atoms with Crippen molar-refractivity contribution in [3.63, 3.8) is 0 Å². The number of thiocarbonyl (C=S) groups is 1.